The third-order valence-corrected chi connectivity index (χ3v) is 5.84. The standard InChI is InChI=1S/C26H27N3S/c1-19-13-14-20(2)24(15-19)27-26(30)29(16-21-9-5-4-6-10-21)18-22-17-28(3)25-12-8-7-11-23(22)25/h4-15,17H,16,18H2,1-3H3,(H,27,30). The van der Waals surface area contributed by atoms with Crippen molar-refractivity contribution in [1.29, 1.82) is 0 Å². The summed E-state index contributed by atoms with van der Waals surface area (Å²) in [6.07, 6.45) is 2.21. The number of thiocarbonyl (C=S) groups is 1. The Bertz CT molecular complexity index is 1180. The number of hydrogen-bond donors (Lipinski definition) is 1. The molecule has 0 aliphatic carbocycles. The van der Waals surface area contributed by atoms with Crippen molar-refractivity contribution in [3.63, 3.8) is 0 Å². The Kier molecular flexibility index (Phi) is 5.86. The van der Waals surface area contributed by atoms with Gasteiger partial charge in [-0.2, -0.15) is 0 Å². The van der Waals surface area contributed by atoms with Crippen molar-refractivity contribution in [3.05, 3.63) is 101 Å². The van der Waals surface area contributed by atoms with Crippen LogP contribution in [0.5, 0.6) is 0 Å². The summed E-state index contributed by atoms with van der Waals surface area (Å²) in [4.78, 5) is 2.24. The molecule has 0 atom stereocenters. The van der Waals surface area contributed by atoms with Crippen molar-refractivity contribution in [2.45, 2.75) is 26.9 Å². The van der Waals surface area contributed by atoms with E-state index in [0.29, 0.717) is 0 Å². The van der Waals surface area contributed by atoms with Gasteiger partial charge < -0.3 is 14.8 Å². The lowest BCUT2D eigenvalue weighted by atomic mass is 10.1. The molecule has 0 saturated heterocycles. The first-order chi connectivity index (χ1) is 14.5. The Morgan fingerprint density at radius 1 is 0.933 bits per heavy atom. The van der Waals surface area contributed by atoms with Crippen LogP contribution in [0.2, 0.25) is 0 Å². The number of benzene rings is 3. The molecule has 0 fully saturated rings. The second-order valence-electron chi connectivity index (χ2n) is 7.87. The largest absolute Gasteiger partial charge is 0.350 e. The van der Waals surface area contributed by atoms with Gasteiger partial charge in [0, 0.05) is 42.9 Å². The van der Waals surface area contributed by atoms with Gasteiger partial charge in [0.15, 0.2) is 5.11 Å². The maximum atomic E-state index is 5.90. The molecule has 0 aliphatic heterocycles. The first-order valence-electron chi connectivity index (χ1n) is 10.2. The van der Waals surface area contributed by atoms with Gasteiger partial charge in [-0.1, -0.05) is 60.7 Å². The summed E-state index contributed by atoms with van der Waals surface area (Å²) >= 11 is 5.90. The Balaban J connectivity index is 1.65. The zero-order chi connectivity index (χ0) is 21.1. The van der Waals surface area contributed by atoms with Crippen molar-refractivity contribution >= 4 is 33.9 Å². The second kappa shape index (κ2) is 8.72. The molecule has 0 saturated carbocycles. The maximum Gasteiger partial charge on any atom is 0.174 e. The minimum atomic E-state index is 0.737. The van der Waals surface area contributed by atoms with Crippen LogP contribution in [0, 0.1) is 13.8 Å². The molecule has 0 bridgehead atoms. The van der Waals surface area contributed by atoms with Gasteiger partial charge in [0.1, 0.15) is 0 Å². The van der Waals surface area contributed by atoms with Crippen molar-refractivity contribution in [1.82, 2.24) is 9.47 Å². The fourth-order valence-electron chi connectivity index (χ4n) is 3.83. The highest BCUT2D eigenvalue weighted by atomic mass is 32.1. The summed E-state index contributed by atoms with van der Waals surface area (Å²) in [6.45, 7) is 5.70. The van der Waals surface area contributed by atoms with Gasteiger partial charge in [-0.3, -0.25) is 0 Å². The molecule has 0 amide bonds. The number of aryl methyl sites for hydroxylation is 3. The fourth-order valence-corrected chi connectivity index (χ4v) is 4.06. The van der Waals surface area contributed by atoms with Crippen molar-refractivity contribution < 1.29 is 0 Å². The van der Waals surface area contributed by atoms with Crippen LogP contribution in [0.1, 0.15) is 22.3 Å². The lowest BCUT2D eigenvalue weighted by Gasteiger charge is -2.26. The summed E-state index contributed by atoms with van der Waals surface area (Å²) < 4.78 is 2.19. The van der Waals surface area contributed by atoms with Crippen molar-refractivity contribution in [3.8, 4) is 0 Å². The minimum Gasteiger partial charge on any atom is -0.350 e. The second-order valence-corrected chi connectivity index (χ2v) is 8.26. The summed E-state index contributed by atoms with van der Waals surface area (Å²) in [7, 11) is 2.10. The lowest BCUT2D eigenvalue weighted by molar-refractivity contribution is 0.414. The molecule has 4 aromatic rings. The third-order valence-electron chi connectivity index (χ3n) is 5.48. The molecule has 1 N–H and O–H groups in total. The first kappa shape index (κ1) is 20.2. The Morgan fingerprint density at radius 3 is 2.47 bits per heavy atom. The molecule has 1 aromatic heterocycles. The van der Waals surface area contributed by atoms with E-state index in [-0.39, 0.29) is 0 Å². The van der Waals surface area contributed by atoms with E-state index < -0.39 is 0 Å². The SMILES string of the molecule is Cc1ccc(C)c(NC(=S)N(Cc2ccccc2)Cc2cn(C)c3ccccc23)c1. The Hall–Kier alpha value is -3.11. The smallest absolute Gasteiger partial charge is 0.174 e. The van der Waals surface area contributed by atoms with E-state index >= 15 is 0 Å². The Morgan fingerprint density at radius 2 is 1.67 bits per heavy atom. The van der Waals surface area contributed by atoms with E-state index in [0.717, 1.165) is 23.9 Å². The predicted molar refractivity (Wildman–Crippen MR) is 131 cm³/mol. The summed E-state index contributed by atoms with van der Waals surface area (Å²) in [5.74, 6) is 0. The molecule has 30 heavy (non-hydrogen) atoms. The maximum absolute atomic E-state index is 5.90. The van der Waals surface area contributed by atoms with Gasteiger partial charge in [0.2, 0.25) is 0 Å². The molecule has 0 aliphatic rings. The Labute approximate surface area is 184 Å². The highest BCUT2D eigenvalue weighted by Gasteiger charge is 2.15. The van der Waals surface area contributed by atoms with Gasteiger partial charge in [-0.15, -0.1) is 0 Å². The summed E-state index contributed by atoms with van der Waals surface area (Å²) in [5, 5.41) is 5.50. The molecule has 4 rings (SSSR count). The monoisotopic (exact) mass is 413 g/mol. The van der Waals surface area contributed by atoms with E-state index in [1.165, 1.54) is 33.2 Å². The molecule has 152 valence electrons. The number of aromatic nitrogens is 1. The zero-order valence-electron chi connectivity index (χ0n) is 17.7. The average Bonchev–Trinajstić information content (AvgIpc) is 3.07. The van der Waals surface area contributed by atoms with Crippen LogP contribution in [0.15, 0.2) is 79.0 Å². The average molecular weight is 414 g/mol. The van der Waals surface area contributed by atoms with E-state index in [1.807, 2.05) is 6.07 Å². The van der Waals surface area contributed by atoms with Gasteiger partial charge >= 0.3 is 0 Å². The summed E-state index contributed by atoms with van der Waals surface area (Å²) in [6, 6.07) is 25.4. The lowest BCUT2D eigenvalue weighted by Crippen LogP contribution is -2.34. The first-order valence-corrected chi connectivity index (χ1v) is 10.6. The molecular formula is C26H27N3S. The molecule has 0 radical (unpaired) electrons. The fraction of sp³-hybridized carbons (Fsp3) is 0.192. The van der Waals surface area contributed by atoms with Crippen LogP contribution < -0.4 is 5.32 Å². The summed E-state index contributed by atoms with van der Waals surface area (Å²) in [5.41, 5.74) is 7.22. The zero-order valence-corrected chi connectivity index (χ0v) is 18.5. The van der Waals surface area contributed by atoms with Crippen LogP contribution in [-0.4, -0.2) is 14.6 Å². The normalized spacial score (nSPS) is 10.9. The highest BCUT2D eigenvalue weighted by Crippen LogP contribution is 2.24. The van der Waals surface area contributed by atoms with Crippen LogP contribution in [0.25, 0.3) is 10.9 Å². The van der Waals surface area contributed by atoms with Gasteiger partial charge in [0.25, 0.3) is 0 Å². The number of para-hydroxylation sites is 1. The topological polar surface area (TPSA) is 20.2 Å². The third kappa shape index (κ3) is 4.39. The number of anilines is 1. The quantitative estimate of drug-likeness (QED) is 0.394. The molecule has 3 aromatic carbocycles. The number of nitrogens with zero attached hydrogens (tertiary/aromatic N) is 2. The van der Waals surface area contributed by atoms with E-state index in [4.69, 9.17) is 12.2 Å². The van der Waals surface area contributed by atoms with Crippen molar-refractivity contribution in [2.24, 2.45) is 7.05 Å². The van der Waals surface area contributed by atoms with Crippen LogP contribution >= 0.6 is 12.2 Å². The number of nitrogens with one attached hydrogen (secondary N) is 1. The number of rotatable bonds is 5. The molecule has 0 unspecified atom stereocenters. The van der Waals surface area contributed by atoms with Gasteiger partial charge in [0.05, 0.1) is 0 Å². The molecule has 4 heteroatoms. The molecule has 0 spiro atoms. The van der Waals surface area contributed by atoms with Crippen molar-refractivity contribution in [2.75, 3.05) is 5.32 Å². The van der Waals surface area contributed by atoms with Crippen LogP contribution in [0.3, 0.4) is 0 Å². The van der Waals surface area contributed by atoms with Crippen LogP contribution in [-0.2, 0) is 20.1 Å². The van der Waals surface area contributed by atoms with E-state index in [2.05, 4.69) is 109 Å². The minimum absolute atomic E-state index is 0.737. The van der Waals surface area contributed by atoms with Gasteiger partial charge in [-0.25, -0.2) is 0 Å². The van der Waals surface area contributed by atoms with E-state index in [9.17, 15) is 0 Å². The van der Waals surface area contributed by atoms with Gasteiger partial charge in [-0.05, 0) is 60.5 Å². The highest BCUT2D eigenvalue weighted by molar-refractivity contribution is 7.80. The number of hydrogen-bond acceptors (Lipinski definition) is 1. The number of fused-ring (bicyclic) bond motifs is 1. The van der Waals surface area contributed by atoms with Crippen LogP contribution in [0.4, 0.5) is 5.69 Å². The molecule has 3 nitrogen and oxygen atoms in total. The molecular weight excluding hydrogens is 386 g/mol. The molecule has 1 heterocycles. The van der Waals surface area contributed by atoms with E-state index in [1.54, 1.807) is 0 Å². The predicted octanol–water partition coefficient (Wildman–Crippen LogP) is 6.19.